The first-order chi connectivity index (χ1) is 6.90. The lowest BCUT2D eigenvalue weighted by molar-refractivity contribution is 0.922. The van der Waals surface area contributed by atoms with Crippen molar-refractivity contribution < 1.29 is 0 Å². The van der Waals surface area contributed by atoms with E-state index in [0.29, 0.717) is 0 Å². The fraction of sp³-hybridized carbons (Fsp3) is 0.273. The van der Waals surface area contributed by atoms with Crippen molar-refractivity contribution in [2.24, 2.45) is 0 Å². The first-order valence-electron chi connectivity index (χ1n) is 4.75. The average molecular weight is 204 g/mol. The van der Waals surface area contributed by atoms with Crippen LogP contribution in [0.15, 0.2) is 29.8 Å². The summed E-state index contributed by atoms with van der Waals surface area (Å²) in [5, 5.41) is 8.85. The maximum Gasteiger partial charge on any atom is 0.147 e. The number of aromatic nitrogens is 2. The quantitative estimate of drug-likeness (QED) is 0.767. The molecule has 2 aromatic rings. The van der Waals surface area contributed by atoms with Gasteiger partial charge in [0, 0.05) is 5.56 Å². The molecular formula is C11H12N2S. The highest BCUT2D eigenvalue weighted by Gasteiger charge is 2.00. The maximum absolute atomic E-state index is 4.03. The van der Waals surface area contributed by atoms with Gasteiger partial charge in [-0.1, -0.05) is 48.9 Å². The van der Waals surface area contributed by atoms with Crippen molar-refractivity contribution in [1.29, 1.82) is 0 Å². The maximum atomic E-state index is 4.03. The molecule has 0 aliphatic carbocycles. The van der Waals surface area contributed by atoms with Crippen molar-refractivity contribution in [3.05, 3.63) is 35.3 Å². The molecule has 0 N–H and O–H groups in total. The molecule has 1 heterocycles. The first kappa shape index (κ1) is 9.34. The second-order valence-electron chi connectivity index (χ2n) is 3.19. The van der Waals surface area contributed by atoms with Gasteiger partial charge in [0.05, 0.1) is 0 Å². The molecule has 0 aliphatic heterocycles. The average Bonchev–Trinajstić information content (AvgIpc) is 2.72. The van der Waals surface area contributed by atoms with Gasteiger partial charge in [-0.25, -0.2) is 0 Å². The molecule has 0 fully saturated rings. The van der Waals surface area contributed by atoms with Crippen molar-refractivity contribution in [2.75, 3.05) is 0 Å². The standard InChI is InChI=1S/C11H12N2S/c1-2-3-9-4-6-10(7-5-9)11-13-12-8-14-11/h4-8H,2-3H2,1H3. The van der Waals surface area contributed by atoms with E-state index in [-0.39, 0.29) is 0 Å². The Morgan fingerprint density at radius 2 is 2.00 bits per heavy atom. The van der Waals surface area contributed by atoms with Gasteiger partial charge in [-0.2, -0.15) is 0 Å². The molecule has 0 atom stereocenters. The van der Waals surface area contributed by atoms with Crippen LogP contribution in [0, 0.1) is 0 Å². The summed E-state index contributed by atoms with van der Waals surface area (Å²) in [6.45, 7) is 2.19. The van der Waals surface area contributed by atoms with Crippen LogP contribution in [0.25, 0.3) is 10.6 Å². The molecule has 0 bridgehead atoms. The number of aryl methyl sites for hydroxylation is 1. The molecule has 72 valence electrons. The predicted octanol–water partition coefficient (Wildman–Crippen LogP) is 3.16. The first-order valence-corrected chi connectivity index (χ1v) is 5.63. The third-order valence-electron chi connectivity index (χ3n) is 2.10. The van der Waals surface area contributed by atoms with Crippen molar-refractivity contribution in [3.8, 4) is 10.6 Å². The number of benzene rings is 1. The smallest absolute Gasteiger partial charge is 0.147 e. The van der Waals surface area contributed by atoms with E-state index in [0.717, 1.165) is 17.0 Å². The van der Waals surface area contributed by atoms with E-state index < -0.39 is 0 Å². The van der Waals surface area contributed by atoms with Gasteiger partial charge >= 0.3 is 0 Å². The highest BCUT2D eigenvalue weighted by molar-refractivity contribution is 7.12. The molecular weight excluding hydrogens is 192 g/mol. The van der Waals surface area contributed by atoms with Gasteiger partial charge in [0.2, 0.25) is 0 Å². The lowest BCUT2D eigenvalue weighted by atomic mass is 10.1. The van der Waals surface area contributed by atoms with E-state index in [9.17, 15) is 0 Å². The molecule has 0 unspecified atom stereocenters. The van der Waals surface area contributed by atoms with Crippen LogP contribution in [0.3, 0.4) is 0 Å². The lowest BCUT2D eigenvalue weighted by Crippen LogP contribution is -1.83. The summed E-state index contributed by atoms with van der Waals surface area (Å²) in [6.07, 6.45) is 2.34. The van der Waals surface area contributed by atoms with E-state index in [1.165, 1.54) is 12.0 Å². The fourth-order valence-corrected chi connectivity index (χ4v) is 1.96. The van der Waals surface area contributed by atoms with Gasteiger partial charge < -0.3 is 0 Å². The normalized spacial score (nSPS) is 10.4. The van der Waals surface area contributed by atoms with Gasteiger partial charge in [0.1, 0.15) is 10.5 Å². The zero-order valence-electron chi connectivity index (χ0n) is 8.10. The summed E-state index contributed by atoms with van der Waals surface area (Å²) in [4.78, 5) is 0. The van der Waals surface area contributed by atoms with Crippen molar-refractivity contribution in [1.82, 2.24) is 10.2 Å². The van der Waals surface area contributed by atoms with Crippen molar-refractivity contribution in [2.45, 2.75) is 19.8 Å². The molecule has 1 aromatic carbocycles. The minimum Gasteiger partial charge on any atom is -0.147 e. The van der Waals surface area contributed by atoms with Gasteiger partial charge in [0.15, 0.2) is 0 Å². The zero-order chi connectivity index (χ0) is 9.80. The van der Waals surface area contributed by atoms with Gasteiger partial charge in [-0.05, 0) is 12.0 Å². The van der Waals surface area contributed by atoms with E-state index >= 15 is 0 Å². The molecule has 0 saturated heterocycles. The van der Waals surface area contributed by atoms with E-state index in [1.807, 2.05) is 0 Å². The second-order valence-corrected chi connectivity index (χ2v) is 4.02. The molecule has 1 aromatic heterocycles. The molecule has 0 amide bonds. The van der Waals surface area contributed by atoms with Crippen LogP contribution in [0.2, 0.25) is 0 Å². The van der Waals surface area contributed by atoms with Gasteiger partial charge in [-0.3, -0.25) is 0 Å². The Morgan fingerprint density at radius 3 is 2.57 bits per heavy atom. The number of hydrogen-bond donors (Lipinski definition) is 0. The molecule has 3 heteroatoms. The van der Waals surface area contributed by atoms with Gasteiger partial charge in [-0.15, -0.1) is 10.2 Å². The summed E-state index contributed by atoms with van der Waals surface area (Å²) in [5.74, 6) is 0. The zero-order valence-corrected chi connectivity index (χ0v) is 8.92. The highest BCUT2D eigenvalue weighted by Crippen LogP contribution is 2.20. The summed E-state index contributed by atoms with van der Waals surface area (Å²) in [6, 6.07) is 8.57. The highest BCUT2D eigenvalue weighted by atomic mass is 32.1. The van der Waals surface area contributed by atoms with Crippen LogP contribution < -0.4 is 0 Å². The third kappa shape index (κ3) is 1.99. The Hall–Kier alpha value is -1.22. The van der Waals surface area contributed by atoms with Gasteiger partial charge in [0.25, 0.3) is 0 Å². The number of rotatable bonds is 3. The molecule has 2 rings (SSSR count). The number of nitrogens with zero attached hydrogens (tertiary/aromatic N) is 2. The number of hydrogen-bond acceptors (Lipinski definition) is 3. The molecule has 14 heavy (non-hydrogen) atoms. The minimum atomic E-state index is 0.994. The Balaban J connectivity index is 2.22. The molecule has 0 spiro atoms. The Morgan fingerprint density at radius 1 is 1.21 bits per heavy atom. The van der Waals surface area contributed by atoms with Crippen LogP contribution in [0.5, 0.6) is 0 Å². The van der Waals surface area contributed by atoms with Crippen LogP contribution in [-0.4, -0.2) is 10.2 Å². The Bertz CT molecular complexity index is 378. The van der Waals surface area contributed by atoms with E-state index in [4.69, 9.17) is 0 Å². The Kier molecular flexibility index (Phi) is 2.89. The van der Waals surface area contributed by atoms with Crippen LogP contribution >= 0.6 is 11.3 Å². The molecule has 0 aliphatic rings. The minimum absolute atomic E-state index is 0.994. The van der Waals surface area contributed by atoms with Crippen molar-refractivity contribution in [3.63, 3.8) is 0 Å². The van der Waals surface area contributed by atoms with E-state index in [1.54, 1.807) is 16.8 Å². The van der Waals surface area contributed by atoms with Crippen LogP contribution in [0.1, 0.15) is 18.9 Å². The largest absolute Gasteiger partial charge is 0.147 e. The Labute approximate surface area is 87.6 Å². The predicted molar refractivity (Wildman–Crippen MR) is 59.3 cm³/mol. The summed E-state index contributed by atoms with van der Waals surface area (Å²) < 4.78 is 0. The summed E-state index contributed by atoms with van der Waals surface area (Å²) >= 11 is 1.57. The molecule has 0 saturated carbocycles. The molecule has 0 radical (unpaired) electrons. The lowest BCUT2D eigenvalue weighted by Gasteiger charge is -1.99. The van der Waals surface area contributed by atoms with E-state index in [2.05, 4.69) is 41.4 Å². The third-order valence-corrected chi connectivity index (χ3v) is 2.84. The van der Waals surface area contributed by atoms with Crippen LogP contribution in [0.4, 0.5) is 0 Å². The summed E-state index contributed by atoms with van der Waals surface area (Å²) in [5.41, 5.74) is 4.31. The second kappa shape index (κ2) is 4.33. The topological polar surface area (TPSA) is 25.8 Å². The molecule has 2 nitrogen and oxygen atoms in total. The monoisotopic (exact) mass is 204 g/mol. The fourth-order valence-electron chi connectivity index (χ4n) is 1.40. The SMILES string of the molecule is CCCc1ccc(-c2nncs2)cc1. The summed E-state index contributed by atoms with van der Waals surface area (Å²) in [7, 11) is 0. The van der Waals surface area contributed by atoms with Crippen LogP contribution in [-0.2, 0) is 6.42 Å². The van der Waals surface area contributed by atoms with Crippen molar-refractivity contribution >= 4 is 11.3 Å².